The van der Waals surface area contributed by atoms with E-state index in [4.69, 9.17) is 0 Å². The van der Waals surface area contributed by atoms with Crippen molar-refractivity contribution in [2.24, 2.45) is 0 Å². The molecule has 0 saturated heterocycles. The molecule has 0 saturated carbocycles. The molecule has 0 fully saturated rings. The van der Waals surface area contributed by atoms with Crippen LogP contribution in [-0.2, 0) is 16.8 Å². The fourth-order valence-electron chi connectivity index (χ4n) is 2.46. The monoisotopic (exact) mass is 408 g/mol. The first kappa shape index (κ1) is 22.3. The minimum Gasteiger partial charge on any atom is -0.406 e. The second-order valence-electron chi connectivity index (χ2n) is 7.48. The lowest BCUT2D eigenvalue weighted by Crippen LogP contribution is -2.36. The van der Waals surface area contributed by atoms with E-state index in [-0.39, 0.29) is 30.2 Å². The first-order chi connectivity index (χ1) is 13.4. The van der Waals surface area contributed by atoms with Crippen molar-refractivity contribution >= 4 is 11.8 Å². The van der Waals surface area contributed by atoms with Crippen LogP contribution in [0.2, 0.25) is 0 Å². The maximum atomic E-state index is 12.1. The molecule has 2 aromatic rings. The molecule has 0 atom stereocenters. The zero-order valence-electron chi connectivity index (χ0n) is 16.4. The number of hydrogen-bond donors (Lipinski definition) is 2. The van der Waals surface area contributed by atoms with E-state index in [9.17, 15) is 22.8 Å². The van der Waals surface area contributed by atoms with Crippen molar-refractivity contribution in [3.05, 3.63) is 65.2 Å². The Morgan fingerprint density at radius 3 is 2.00 bits per heavy atom. The number of hydrogen-bond acceptors (Lipinski definition) is 3. The number of carbonyl (C=O) groups is 2. The molecule has 0 aliphatic heterocycles. The number of halogens is 3. The number of ether oxygens (including phenoxy) is 1. The summed E-state index contributed by atoms with van der Waals surface area (Å²) >= 11 is 0. The van der Waals surface area contributed by atoms with Crippen molar-refractivity contribution in [1.29, 1.82) is 0 Å². The van der Waals surface area contributed by atoms with Gasteiger partial charge in [-0.1, -0.05) is 45.0 Å². The van der Waals surface area contributed by atoms with Crippen LogP contribution in [0.25, 0.3) is 0 Å². The topological polar surface area (TPSA) is 67.4 Å². The standard InChI is InChI=1S/C21H23F3N2O3/c1-20(2,3)16-8-6-15(7-9-16)19(28)26-13-18(27)25-12-14-4-10-17(11-5-14)29-21(22,23)24/h4-11H,12-13H2,1-3H3,(H,25,27)(H,26,28). The fourth-order valence-corrected chi connectivity index (χ4v) is 2.46. The van der Waals surface area contributed by atoms with Crippen LogP contribution in [0.15, 0.2) is 48.5 Å². The fraction of sp³-hybridized carbons (Fsp3) is 0.333. The molecule has 5 nitrogen and oxygen atoms in total. The van der Waals surface area contributed by atoms with Gasteiger partial charge in [-0.3, -0.25) is 9.59 Å². The van der Waals surface area contributed by atoms with Gasteiger partial charge in [0.25, 0.3) is 5.91 Å². The molecule has 2 amide bonds. The van der Waals surface area contributed by atoms with Crippen LogP contribution < -0.4 is 15.4 Å². The van der Waals surface area contributed by atoms with Crippen LogP contribution in [-0.4, -0.2) is 24.7 Å². The van der Waals surface area contributed by atoms with Crippen molar-refractivity contribution in [1.82, 2.24) is 10.6 Å². The predicted molar refractivity (Wildman–Crippen MR) is 102 cm³/mol. The number of nitrogens with one attached hydrogen (secondary N) is 2. The Balaban J connectivity index is 1.79. The summed E-state index contributed by atoms with van der Waals surface area (Å²) in [7, 11) is 0. The molecule has 0 heterocycles. The highest BCUT2D eigenvalue weighted by atomic mass is 19.4. The number of alkyl halides is 3. The largest absolute Gasteiger partial charge is 0.573 e. The summed E-state index contributed by atoms with van der Waals surface area (Å²) in [5, 5.41) is 5.12. The molecule has 0 aliphatic carbocycles. The van der Waals surface area contributed by atoms with Crippen molar-refractivity contribution < 1.29 is 27.5 Å². The number of benzene rings is 2. The third-order valence-corrected chi connectivity index (χ3v) is 4.07. The summed E-state index contributed by atoms with van der Waals surface area (Å²) in [6.07, 6.45) is -4.75. The summed E-state index contributed by atoms with van der Waals surface area (Å²) in [6, 6.07) is 12.3. The number of amides is 2. The second kappa shape index (κ2) is 8.98. The van der Waals surface area contributed by atoms with Gasteiger partial charge in [-0.2, -0.15) is 0 Å². The molecule has 0 aliphatic rings. The smallest absolute Gasteiger partial charge is 0.406 e. The minimum atomic E-state index is -4.75. The Bertz CT molecular complexity index is 839. The third kappa shape index (κ3) is 7.48. The van der Waals surface area contributed by atoms with Gasteiger partial charge in [0.15, 0.2) is 0 Å². The average Bonchev–Trinajstić information content (AvgIpc) is 2.63. The zero-order chi connectivity index (χ0) is 21.7. The van der Waals surface area contributed by atoms with Crippen LogP contribution in [0.1, 0.15) is 42.3 Å². The predicted octanol–water partition coefficient (Wildman–Crippen LogP) is 3.93. The lowest BCUT2D eigenvalue weighted by Gasteiger charge is -2.19. The van der Waals surface area contributed by atoms with E-state index in [0.29, 0.717) is 11.1 Å². The molecule has 0 spiro atoms. The Morgan fingerprint density at radius 2 is 1.48 bits per heavy atom. The van der Waals surface area contributed by atoms with E-state index in [0.717, 1.165) is 17.7 Å². The molecule has 2 rings (SSSR count). The van der Waals surface area contributed by atoms with Crippen molar-refractivity contribution in [3.8, 4) is 5.75 Å². The molecule has 29 heavy (non-hydrogen) atoms. The highest BCUT2D eigenvalue weighted by Gasteiger charge is 2.30. The molecular formula is C21H23F3N2O3. The molecule has 156 valence electrons. The Morgan fingerprint density at radius 1 is 0.897 bits per heavy atom. The summed E-state index contributed by atoms with van der Waals surface area (Å²) in [4.78, 5) is 24.0. The van der Waals surface area contributed by atoms with Gasteiger partial charge in [0.05, 0.1) is 6.54 Å². The SMILES string of the molecule is CC(C)(C)c1ccc(C(=O)NCC(=O)NCc2ccc(OC(F)(F)F)cc2)cc1. The summed E-state index contributed by atoms with van der Waals surface area (Å²) < 4.78 is 40.2. The van der Waals surface area contributed by atoms with Crippen LogP contribution in [0.3, 0.4) is 0 Å². The van der Waals surface area contributed by atoms with Gasteiger partial charge >= 0.3 is 6.36 Å². The molecule has 0 bridgehead atoms. The average molecular weight is 408 g/mol. The van der Waals surface area contributed by atoms with E-state index >= 15 is 0 Å². The lowest BCUT2D eigenvalue weighted by atomic mass is 9.87. The molecule has 0 unspecified atom stereocenters. The van der Waals surface area contributed by atoms with Gasteiger partial charge in [0, 0.05) is 12.1 Å². The van der Waals surface area contributed by atoms with E-state index in [2.05, 4.69) is 36.1 Å². The third-order valence-electron chi connectivity index (χ3n) is 4.07. The molecule has 8 heteroatoms. The highest BCUT2D eigenvalue weighted by molar-refractivity contribution is 5.96. The Kier molecular flexibility index (Phi) is 6.89. The summed E-state index contributed by atoms with van der Waals surface area (Å²) in [6.45, 7) is 6.12. The van der Waals surface area contributed by atoms with Crippen LogP contribution in [0.5, 0.6) is 5.75 Å². The van der Waals surface area contributed by atoms with Crippen molar-refractivity contribution in [2.75, 3.05) is 6.54 Å². The van der Waals surface area contributed by atoms with Crippen molar-refractivity contribution in [2.45, 2.75) is 39.1 Å². The van der Waals surface area contributed by atoms with Crippen LogP contribution >= 0.6 is 0 Å². The number of rotatable bonds is 6. The minimum absolute atomic E-state index is 0.0219. The molecule has 2 N–H and O–H groups in total. The molecule has 0 aromatic heterocycles. The summed E-state index contributed by atoms with van der Waals surface area (Å²) in [5.41, 5.74) is 2.12. The first-order valence-corrected chi connectivity index (χ1v) is 8.94. The van der Waals surface area contributed by atoms with Gasteiger partial charge in [0.1, 0.15) is 5.75 Å². The Hall–Kier alpha value is -3.03. The van der Waals surface area contributed by atoms with E-state index < -0.39 is 12.3 Å². The zero-order valence-corrected chi connectivity index (χ0v) is 16.4. The van der Waals surface area contributed by atoms with E-state index in [1.807, 2.05) is 12.1 Å². The van der Waals surface area contributed by atoms with E-state index in [1.165, 1.54) is 12.1 Å². The van der Waals surface area contributed by atoms with Gasteiger partial charge < -0.3 is 15.4 Å². The molecular weight excluding hydrogens is 385 g/mol. The Labute approximate surface area is 167 Å². The van der Waals surface area contributed by atoms with E-state index in [1.54, 1.807) is 12.1 Å². The van der Waals surface area contributed by atoms with Crippen LogP contribution in [0.4, 0.5) is 13.2 Å². The maximum absolute atomic E-state index is 12.1. The van der Waals surface area contributed by atoms with Gasteiger partial charge in [-0.15, -0.1) is 13.2 Å². The first-order valence-electron chi connectivity index (χ1n) is 8.94. The molecule has 2 aromatic carbocycles. The summed E-state index contributed by atoms with van der Waals surface area (Å²) in [5.74, 6) is -1.12. The second-order valence-corrected chi connectivity index (χ2v) is 7.48. The normalized spacial score (nSPS) is 11.7. The number of carbonyl (C=O) groups excluding carboxylic acids is 2. The molecule has 0 radical (unpaired) electrons. The van der Waals surface area contributed by atoms with Crippen molar-refractivity contribution in [3.63, 3.8) is 0 Å². The van der Waals surface area contributed by atoms with Gasteiger partial charge in [-0.05, 0) is 40.8 Å². The lowest BCUT2D eigenvalue weighted by molar-refractivity contribution is -0.274. The van der Waals surface area contributed by atoms with Gasteiger partial charge in [0.2, 0.25) is 5.91 Å². The van der Waals surface area contributed by atoms with Gasteiger partial charge in [-0.25, -0.2) is 0 Å². The maximum Gasteiger partial charge on any atom is 0.573 e. The van der Waals surface area contributed by atoms with Crippen LogP contribution in [0, 0.1) is 0 Å². The quantitative estimate of drug-likeness (QED) is 0.761. The highest BCUT2D eigenvalue weighted by Crippen LogP contribution is 2.23.